The van der Waals surface area contributed by atoms with E-state index in [1.165, 1.54) is 44.9 Å². The van der Waals surface area contributed by atoms with E-state index in [2.05, 4.69) is 5.32 Å². The molecular weight excluding hydrogens is 214 g/mol. The molecule has 1 rings (SSSR count). The molecule has 100 valence electrons. The normalized spacial score (nSPS) is 19.6. The molecule has 1 saturated carbocycles. The first kappa shape index (κ1) is 14.5. The third-order valence-electron chi connectivity index (χ3n) is 3.87. The van der Waals surface area contributed by atoms with Crippen LogP contribution in [0.25, 0.3) is 0 Å². The molecule has 17 heavy (non-hydrogen) atoms. The molecule has 0 aliphatic heterocycles. The average molecular weight is 241 g/mol. The quantitative estimate of drug-likeness (QED) is 0.777. The molecule has 1 aliphatic rings. The molecule has 0 aromatic carbocycles. The topological polar surface area (TPSA) is 49.3 Å². The Kier molecular flexibility index (Phi) is 5.96. The number of hydrogen-bond acceptors (Lipinski definition) is 2. The van der Waals surface area contributed by atoms with E-state index in [9.17, 15) is 4.79 Å². The summed E-state index contributed by atoms with van der Waals surface area (Å²) < 4.78 is 0. The van der Waals surface area contributed by atoms with Gasteiger partial charge >= 0.3 is 5.97 Å². The van der Waals surface area contributed by atoms with E-state index in [-0.39, 0.29) is 0 Å². The summed E-state index contributed by atoms with van der Waals surface area (Å²) in [6.45, 7) is 4.42. The summed E-state index contributed by atoms with van der Waals surface area (Å²) in [5.74, 6) is -0.697. The first-order valence-corrected chi connectivity index (χ1v) is 6.99. The van der Waals surface area contributed by atoms with E-state index >= 15 is 0 Å². The standard InChI is InChI=1S/C14H27NO2/c1-14(2,13(16)17)10-11-15-12-8-6-4-3-5-7-9-12/h12,15H,3-11H2,1-2H3,(H,16,17). The molecule has 3 heteroatoms. The summed E-state index contributed by atoms with van der Waals surface area (Å²) in [5, 5.41) is 12.6. The number of carboxylic acid groups (broad SMARTS) is 1. The summed E-state index contributed by atoms with van der Waals surface area (Å²) in [6, 6.07) is 0.611. The number of rotatable bonds is 5. The molecule has 0 bridgehead atoms. The molecule has 0 aromatic rings. The van der Waals surface area contributed by atoms with Gasteiger partial charge in [0.25, 0.3) is 0 Å². The zero-order chi connectivity index (χ0) is 12.7. The van der Waals surface area contributed by atoms with E-state index in [1.54, 1.807) is 13.8 Å². The minimum Gasteiger partial charge on any atom is -0.481 e. The molecule has 0 radical (unpaired) electrons. The number of aliphatic carboxylic acids is 1. The van der Waals surface area contributed by atoms with Crippen molar-refractivity contribution in [3.8, 4) is 0 Å². The van der Waals surface area contributed by atoms with Crippen LogP contribution in [0.1, 0.15) is 65.2 Å². The van der Waals surface area contributed by atoms with Gasteiger partial charge in [0.15, 0.2) is 0 Å². The molecule has 0 heterocycles. The van der Waals surface area contributed by atoms with E-state index in [0.29, 0.717) is 12.5 Å². The van der Waals surface area contributed by atoms with Crippen LogP contribution in [0.15, 0.2) is 0 Å². The lowest BCUT2D eigenvalue weighted by molar-refractivity contribution is -0.147. The lowest BCUT2D eigenvalue weighted by Crippen LogP contribution is -2.35. The van der Waals surface area contributed by atoms with Gasteiger partial charge in [-0.2, -0.15) is 0 Å². The first-order chi connectivity index (χ1) is 8.02. The number of nitrogens with one attached hydrogen (secondary N) is 1. The molecule has 0 spiro atoms. The van der Waals surface area contributed by atoms with E-state index in [1.807, 2.05) is 0 Å². The van der Waals surface area contributed by atoms with Crippen molar-refractivity contribution in [1.29, 1.82) is 0 Å². The fraction of sp³-hybridized carbons (Fsp3) is 0.929. The number of carbonyl (C=O) groups is 1. The van der Waals surface area contributed by atoms with Gasteiger partial charge in [0.05, 0.1) is 5.41 Å². The molecule has 0 saturated heterocycles. The van der Waals surface area contributed by atoms with Crippen molar-refractivity contribution in [2.45, 2.75) is 71.3 Å². The van der Waals surface area contributed by atoms with Gasteiger partial charge in [-0.05, 0) is 39.7 Å². The molecule has 0 unspecified atom stereocenters. The summed E-state index contributed by atoms with van der Waals surface area (Å²) >= 11 is 0. The van der Waals surface area contributed by atoms with Crippen molar-refractivity contribution in [3.63, 3.8) is 0 Å². The van der Waals surface area contributed by atoms with Crippen molar-refractivity contribution in [3.05, 3.63) is 0 Å². The Morgan fingerprint density at radius 3 is 2.24 bits per heavy atom. The van der Waals surface area contributed by atoms with Crippen LogP contribution in [-0.2, 0) is 4.79 Å². The van der Waals surface area contributed by atoms with Crippen molar-refractivity contribution < 1.29 is 9.90 Å². The third-order valence-corrected chi connectivity index (χ3v) is 3.87. The molecule has 2 N–H and O–H groups in total. The van der Waals surface area contributed by atoms with Gasteiger partial charge in [-0.3, -0.25) is 4.79 Å². The molecule has 3 nitrogen and oxygen atoms in total. The zero-order valence-electron chi connectivity index (χ0n) is 11.3. The smallest absolute Gasteiger partial charge is 0.309 e. The second-order valence-electron chi connectivity index (χ2n) is 5.94. The van der Waals surface area contributed by atoms with Crippen LogP contribution in [0.3, 0.4) is 0 Å². The lowest BCUT2D eigenvalue weighted by atomic mass is 9.89. The Hall–Kier alpha value is -0.570. The minimum absolute atomic E-state index is 0.603. The number of carboxylic acids is 1. The van der Waals surface area contributed by atoms with Crippen LogP contribution < -0.4 is 5.32 Å². The Bertz CT molecular complexity index is 230. The highest BCUT2D eigenvalue weighted by molar-refractivity contribution is 5.73. The van der Waals surface area contributed by atoms with E-state index in [0.717, 1.165) is 6.54 Å². The average Bonchev–Trinajstić information content (AvgIpc) is 2.20. The highest BCUT2D eigenvalue weighted by Crippen LogP contribution is 2.21. The van der Waals surface area contributed by atoms with Crippen molar-refractivity contribution >= 4 is 5.97 Å². The Morgan fingerprint density at radius 2 is 1.71 bits per heavy atom. The lowest BCUT2D eigenvalue weighted by Gasteiger charge is -2.24. The predicted molar refractivity (Wildman–Crippen MR) is 70.1 cm³/mol. The molecule has 1 aliphatic carbocycles. The maximum Gasteiger partial charge on any atom is 0.309 e. The molecular formula is C14H27NO2. The van der Waals surface area contributed by atoms with Gasteiger partial charge in [0.2, 0.25) is 0 Å². The second-order valence-corrected chi connectivity index (χ2v) is 5.94. The summed E-state index contributed by atoms with van der Waals surface area (Å²) in [4.78, 5) is 11.0. The van der Waals surface area contributed by atoms with Gasteiger partial charge in [-0.15, -0.1) is 0 Å². The van der Waals surface area contributed by atoms with Crippen LogP contribution >= 0.6 is 0 Å². The Balaban J connectivity index is 2.22. The summed E-state index contributed by atoms with van der Waals surface area (Å²) in [5.41, 5.74) is -0.603. The van der Waals surface area contributed by atoms with Crippen molar-refractivity contribution in [2.24, 2.45) is 5.41 Å². The molecule has 0 aromatic heterocycles. The first-order valence-electron chi connectivity index (χ1n) is 6.99. The monoisotopic (exact) mass is 241 g/mol. The fourth-order valence-corrected chi connectivity index (χ4v) is 2.36. The van der Waals surface area contributed by atoms with Crippen LogP contribution in [0.4, 0.5) is 0 Å². The van der Waals surface area contributed by atoms with Crippen LogP contribution in [-0.4, -0.2) is 23.7 Å². The largest absolute Gasteiger partial charge is 0.481 e. The SMILES string of the molecule is CC(C)(CCNC1CCCCCCC1)C(=O)O. The Labute approximate surface area is 105 Å². The third kappa shape index (κ3) is 5.53. The Morgan fingerprint density at radius 1 is 1.18 bits per heavy atom. The van der Waals surface area contributed by atoms with Crippen LogP contribution in [0, 0.1) is 5.41 Å². The van der Waals surface area contributed by atoms with E-state index in [4.69, 9.17) is 5.11 Å². The zero-order valence-corrected chi connectivity index (χ0v) is 11.3. The molecule has 0 atom stereocenters. The highest BCUT2D eigenvalue weighted by Gasteiger charge is 2.26. The summed E-state index contributed by atoms with van der Waals surface area (Å²) in [7, 11) is 0. The van der Waals surface area contributed by atoms with Gasteiger partial charge in [-0.25, -0.2) is 0 Å². The second kappa shape index (κ2) is 7.00. The molecule has 0 amide bonds. The molecule has 1 fully saturated rings. The van der Waals surface area contributed by atoms with Crippen molar-refractivity contribution in [2.75, 3.05) is 6.54 Å². The maximum absolute atomic E-state index is 11.0. The highest BCUT2D eigenvalue weighted by atomic mass is 16.4. The van der Waals surface area contributed by atoms with Gasteiger partial charge in [0.1, 0.15) is 0 Å². The van der Waals surface area contributed by atoms with Gasteiger partial charge < -0.3 is 10.4 Å². The van der Waals surface area contributed by atoms with Crippen LogP contribution in [0.5, 0.6) is 0 Å². The van der Waals surface area contributed by atoms with E-state index < -0.39 is 11.4 Å². The van der Waals surface area contributed by atoms with Crippen LogP contribution in [0.2, 0.25) is 0 Å². The summed E-state index contributed by atoms with van der Waals surface area (Å²) in [6.07, 6.45) is 9.97. The van der Waals surface area contributed by atoms with Gasteiger partial charge in [0, 0.05) is 6.04 Å². The van der Waals surface area contributed by atoms with Gasteiger partial charge in [-0.1, -0.05) is 32.1 Å². The van der Waals surface area contributed by atoms with Crippen molar-refractivity contribution in [1.82, 2.24) is 5.32 Å². The fourth-order valence-electron chi connectivity index (χ4n) is 2.36. The minimum atomic E-state index is -0.697. The predicted octanol–water partition coefficient (Wildman–Crippen LogP) is 3.19. The number of hydrogen-bond donors (Lipinski definition) is 2. The maximum atomic E-state index is 11.0.